The van der Waals surface area contributed by atoms with Gasteiger partial charge in [-0.1, -0.05) is 12.1 Å². The highest BCUT2D eigenvalue weighted by Crippen LogP contribution is 2.67. The Balaban J connectivity index is 1.38. The second-order valence-electron chi connectivity index (χ2n) is 11.0. The van der Waals surface area contributed by atoms with Crippen molar-refractivity contribution in [1.29, 1.82) is 0 Å². The van der Waals surface area contributed by atoms with Gasteiger partial charge in [-0.2, -0.15) is 0 Å². The number of aromatic nitrogens is 3. The molecule has 0 radical (unpaired) electrons. The van der Waals surface area contributed by atoms with E-state index in [-0.39, 0.29) is 22.9 Å². The monoisotopic (exact) mass is 415 g/mol. The van der Waals surface area contributed by atoms with Crippen LogP contribution in [0.25, 0.3) is 0 Å². The molecule has 4 saturated carbocycles. The maximum absolute atomic E-state index is 13.2. The van der Waals surface area contributed by atoms with Crippen LogP contribution in [-0.2, 0) is 16.1 Å². The number of ether oxygens (including phenoxy) is 1. The molecule has 1 aromatic heterocycles. The third kappa shape index (κ3) is 3.09. The van der Waals surface area contributed by atoms with Gasteiger partial charge in [-0.05, 0) is 92.3 Å². The van der Waals surface area contributed by atoms with Crippen LogP contribution in [0.3, 0.4) is 0 Å². The molecule has 30 heavy (non-hydrogen) atoms. The average Bonchev–Trinajstić information content (AvgIpc) is 3.35. The first-order valence-electron chi connectivity index (χ1n) is 12.0. The van der Waals surface area contributed by atoms with E-state index in [4.69, 9.17) is 4.74 Å². The Hall–Kier alpha value is -1.27. The number of ketones is 1. The Morgan fingerprint density at radius 1 is 1.17 bits per heavy atom. The zero-order valence-electron chi connectivity index (χ0n) is 18.5. The first-order valence-corrected chi connectivity index (χ1v) is 12.0. The van der Waals surface area contributed by atoms with Gasteiger partial charge in [-0.25, -0.2) is 4.68 Å². The van der Waals surface area contributed by atoms with E-state index in [1.165, 1.54) is 25.7 Å². The van der Waals surface area contributed by atoms with E-state index in [9.17, 15) is 9.90 Å². The van der Waals surface area contributed by atoms with Gasteiger partial charge >= 0.3 is 0 Å². The van der Waals surface area contributed by atoms with Crippen molar-refractivity contribution >= 4 is 5.78 Å². The summed E-state index contributed by atoms with van der Waals surface area (Å²) in [5.41, 5.74) is 0.356. The van der Waals surface area contributed by atoms with E-state index >= 15 is 0 Å². The number of nitrogens with zero attached hydrogens (tertiary/aromatic N) is 3. The number of hydrogen-bond donors (Lipinski definition) is 1. The van der Waals surface area contributed by atoms with Gasteiger partial charge in [-0.3, -0.25) is 4.79 Å². The Morgan fingerprint density at radius 3 is 2.80 bits per heavy atom. The van der Waals surface area contributed by atoms with Gasteiger partial charge in [0.1, 0.15) is 6.54 Å². The van der Waals surface area contributed by atoms with E-state index in [0.29, 0.717) is 36.0 Å². The standard InChI is InChI=1S/C24H37N3O3/c1-23-9-8-20-18(4-3-16-13-17(28)7-10-24(16,20)15-30-2)19(23)5-6-21(23)22(29)14-27-12-11-25-26-27/h11-12,16-21,28H,3-10,13-15H2,1-2H3/t16-,17+,18-,19-,20-,21+,23-,24+/m0/s1. The first-order chi connectivity index (χ1) is 14.5. The van der Waals surface area contributed by atoms with Gasteiger partial charge in [0.15, 0.2) is 5.78 Å². The number of carbonyl (C=O) groups is 1. The summed E-state index contributed by atoms with van der Waals surface area (Å²) in [4.78, 5) is 13.2. The number of methoxy groups -OCH3 is 1. The average molecular weight is 416 g/mol. The SMILES string of the molecule is COC[C@]12CC[C@@H](O)C[C@@H]1CC[C@H]1[C@@H]3CC[C@H](C(=O)Cn4ccnn4)[C@@]3(C)CC[C@@H]12. The van der Waals surface area contributed by atoms with Crippen molar-refractivity contribution in [3.8, 4) is 0 Å². The van der Waals surface area contributed by atoms with Crippen LogP contribution in [0.2, 0.25) is 0 Å². The zero-order chi connectivity index (χ0) is 20.9. The largest absolute Gasteiger partial charge is 0.393 e. The summed E-state index contributed by atoms with van der Waals surface area (Å²) in [5, 5.41) is 18.2. The fraction of sp³-hybridized carbons (Fsp3) is 0.875. The molecule has 5 rings (SSSR count). The Labute approximate surface area is 179 Å². The Kier molecular flexibility index (Phi) is 5.29. The van der Waals surface area contributed by atoms with E-state index in [0.717, 1.165) is 38.7 Å². The second-order valence-corrected chi connectivity index (χ2v) is 11.0. The van der Waals surface area contributed by atoms with Crippen molar-refractivity contribution in [3.05, 3.63) is 12.4 Å². The predicted molar refractivity (Wildman–Crippen MR) is 112 cm³/mol. The molecule has 1 heterocycles. The van der Waals surface area contributed by atoms with Crippen molar-refractivity contribution in [2.24, 2.45) is 40.4 Å². The van der Waals surface area contributed by atoms with Crippen LogP contribution in [0, 0.1) is 40.4 Å². The van der Waals surface area contributed by atoms with Crippen molar-refractivity contribution in [2.75, 3.05) is 13.7 Å². The van der Waals surface area contributed by atoms with Gasteiger partial charge in [0.25, 0.3) is 0 Å². The highest BCUT2D eigenvalue weighted by Gasteiger charge is 2.62. The van der Waals surface area contributed by atoms with Gasteiger partial charge in [0.05, 0.1) is 18.9 Å². The molecule has 6 heteroatoms. The summed E-state index contributed by atoms with van der Waals surface area (Å²) in [6, 6.07) is 0. The summed E-state index contributed by atoms with van der Waals surface area (Å²) in [6.07, 6.45) is 13.3. The molecule has 0 aromatic carbocycles. The molecule has 1 aromatic rings. The first kappa shape index (κ1) is 20.6. The molecular formula is C24H37N3O3. The molecule has 4 aliphatic carbocycles. The molecule has 8 atom stereocenters. The Morgan fingerprint density at radius 2 is 2.03 bits per heavy atom. The lowest BCUT2D eigenvalue weighted by molar-refractivity contribution is -0.161. The van der Waals surface area contributed by atoms with E-state index in [1.54, 1.807) is 17.1 Å². The molecule has 6 nitrogen and oxygen atoms in total. The lowest BCUT2D eigenvalue weighted by atomic mass is 9.44. The van der Waals surface area contributed by atoms with Crippen molar-refractivity contribution < 1.29 is 14.6 Å². The normalized spacial score (nSPS) is 45.4. The lowest BCUT2D eigenvalue weighted by Gasteiger charge is -2.61. The number of aliphatic hydroxyl groups is 1. The minimum Gasteiger partial charge on any atom is -0.393 e. The summed E-state index contributed by atoms with van der Waals surface area (Å²) < 4.78 is 7.51. The van der Waals surface area contributed by atoms with Crippen molar-refractivity contribution in [1.82, 2.24) is 15.0 Å². The van der Waals surface area contributed by atoms with Gasteiger partial charge in [0, 0.05) is 19.2 Å². The molecule has 1 N–H and O–H groups in total. The molecular weight excluding hydrogens is 378 g/mol. The van der Waals surface area contributed by atoms with Crippen molar-refractivity contribution in [3.63, 3.8) is 0 Å². The molecule has 0 aliphatic heterocycles. The van der Waals surface area contributed by atoms with Crippen LogP contribution >= 0.6 is 0 Å². The molecule has 0 unspecified atom stereocenters. The van der Waals surface area contributed by atoms with Crippen LogP contribution in [-0.4, -0.2) is 45.7 Å². The number of fused-ring (bicyclic) bond motifs is 5. The highest BCUT2D eigenvalue weighted by molar-refractivity contribution is 5.82. The highest BCUT2D eigenvalue weighted by atomic mass is 16.5. The fourth-order valence-electron chi connectivity index (χ4n) is 8.69. The number of carbonyl (C=O) groups excluding carboxylic acids is 1. The number of hydrogen-bond acceptors (Lipinski definition) is 5. The predicted octanol–water partition coefficient (Wildman–Crippen LogP) is 3.49. The third-order valence-corrected chi connectivity index (χ3v) is 9.93. The van der Waals surface area contributed by atoms with Gasteiger partial charge in [0.2, 0.25) is 0 Å². The lowest BCUT2D eigenvalue weighted by Crippen LogP contribution is -2.57. The topological polar surface area (TPSA) is 77.2 Å². The Bertz CT molecular complexity index is 768. The van der Waals surface area contributed by atoms with Gasteiger partial charge < -0.3 is 9.84 Å². The van der Waals surface area contributed by atoms with E-state index < -0.39 is 0 Å². The summed E-state index contributed by atoms with van der Waals surface area (Å²) in [6.45, 7) is 3.60. The number of rotatable bonds is 5. The van der Waals surface area contributed by atoms with E-state index in [2.05, 4.69) is 17.2 Å². The van der Waals surface area contributed by atoms with Crippen LogP contribution in [0.1, 0.15) is 64.7 Å². The molecule has 0 spiro atoms. The van der Waals surface area contributed by atoms with Crippen LogP contribution in [0.15, 0.2) is 12.4 Å². The minimum absolute atomic E-state index is 0.119. The molecule has 0 bridgehead atoms. The smallest absolute Gasteiger partial charge is 0.157 e. The molecule has 4 fully saturated rings. The van der Waals surface area contributed by atoms with E-state index in [1.807, 2.05) is 7.11 Å². The maximum Gasteiger partial charge on any atom is 0.157 e. The van der Waals surface area contributed by atoms with Crippen LogP contribution < -0.4 is 0 Å². The number of Topliss-reactive ketones (excluding diaryl/α,β-unsaturated/α-hetero) is 1. The molecule has 4 aliphatic rings. The summed E-state index contributed by atoms with van der Waals surface area (Å²) >= 11 is 0. The van der Waals surface area contributed by atoms with Crippen LogP contribution in [0.4, 0.5) is 0 Å². The molecule has 166 valence electrons. The summed E-state index contributed by atoms with van der Waals surface area (Å²) in [7, 11) is 1.85. The molecule has 0 saturated heterocycles. The number of aliphatic hydroxyl groups excluding tert-OH is 1. The zero-order valence-corrected chi connectivity index (χ0v) is 18.5. The molecule has 0 amide bonds. The van der Waals surface area contributed by atoms with Crippen molar-refractivity contribution in [2.45, 2.75) is 77.4 Å². The van der Waals surface area contributed by atoms with Gasteiger partial charge in [-0.15, -0.1) is 5.10 Å². The fourth-order valence-corrected chi connectivity index (χ4v) is 8.69. The second kappa shape index (κ2) is 7.70. The summed E-state index contributed by atoms with van der Waals surface area (Å²) in [5.74, 6) is 3.11. The minimum atomic E-state index is -0.129. The quantitative estimate of drug-likeness (QED) is 0.796. The maximum atomic E-state index is 13.2. The third-order valence-electron chi connectivity index (χ3n) is 9.93. The van der Waals surface area contributed by atoms with Crippen LogP contribution in [0.5, 0.6) is 0 Å².